The fraction of sp³-hybridized carbons (Fsp3) is 0. The Morgan fingerprint density at radius 1 is 0.500 bits per heavy atom. The molecular weight excluding hydrogens is 655 g/mol. The molecule has 0 atom stereocenters. The van der Waals surface area contributed by atoms with Gasteiger partial charge in [-0.05, 0) is 80.2 Å². The van der Waals surface area contributed by atoms with Crippen molar-refractivity contribution in [3.8, 4) is 51.0 Å². The number of nitrogens with zero attached hydrogens (tertiary/aromatic N) is 3. The molecule has 0 saturated carbocycles. The highest BCUT2D eigenvalue weighted by molar-refractivity contribution is 7.26. The second-order valence-electron chi connectivity index (χ2n) is 13.2. The maximum atomic E-state index is 10.1. The Hall–Kier alpha value is -6.87. The van der Waals surface area contributed by atoms with Crippen LogP contribution in [0.3, 0.4) is 0 Å². The number of rotatable bonds is 4. The minimum atomic E-state index is 0.603. The lowest BCUT2D eigenvalue weighted by atomic mass is 9.86. The summed E-state index contributed by atoms with van der Waals surface area (Å²) in [4.78, 5) is 10.1. The third-order valence-corrected chi connectivity index (χ3v) is 11.4. The van der Waals surface area contributed by atoms with Crippen LogP contribution in [0.2, 0.25) is 0 Å². The highest BCUT2D eigenvalue weighted by Gasteiger charge is 2.22. The number of furan rings is 1. The van der Waals surface area contributed by atoms with E-state index in [4.69, 9.17) is 14.4 Å². The first-order valence-electron chi connectivity index (χ1n) is 17.2. The monoisotopic (exact) mass is 679 g/mol. The fourth-order valence-electron chi connectivity index (χ4n) is 7.98. The van der Waals surface area contributed by atoms with Crippen LogP contribution in [0.15, 0.2) is 156 Å². The average molecular weight is 680 g/mol. The lowest BCUT2D eigenvalue weighted by Crippen LogP contribution is -1.93. The Kier molecular flexibility index (Phi) is 6.15. The molecule has 0 amide bonds. The van der Waals surface area contributed by atoms with Crippen molar-refractivity contribution in [2.45, 2.75) is 0 Å². The first-order chi connectivity index (χ1) is 25.7. The number of hydrogen-bond acceptors (Lipinski definition) is 5. The van der Waals surface area contributed by atoms with Crippen molar-refractivity contribution in [1.82, 2.24) is 9.97 Å². The molecule has 0 aliphatic heterocycles. The quantitative estimate of drug-likeness (QED) is 0.174. The summed E-state index contributed by atoms with van der Waals surface area (Å²) in [6.07, 6.45) is 0. The Bertz CT molecular complexity index is 3240. The minimum absolute atomic E-state index is 0.603. The smallest absolute Gasteiger partial charge is 0.180 e. The summed E-state index contributed by atoms with van der Waals surface area (Å²) in [5.74, 6) is 0.650. The van der Waals surface area contributed by atoms with E-state index >= 15 is 0 Å². The van der Waals surface area contributed by atoms with Crippen LogP contribution in [0.1, 0.15) is 5.56 Å². The zero-order valence-electron chi connectivity index (χ0n) is 27.6. The summed E-state index contributed by atoms with van der Waals surface area (Å²) in [7, 11) is 0. The largest absolute Gasteiger partial charge is 0.452 e. The molecule has 8 aromatic carbocycles. The van der Waals surface area contributed by atoms with Gasteiger partial charge in [0.2, 0.25) is 0 Å². The molecule has 0 bridgehead atoms. The van der Waals surface area contributed by atoms with Crippen molar-refractivity contribution in [2.24, 2.45) is 0 Å². The third-order valence-electron chi connectivity index (χ3n) is 10.3. The zero-order chi connectivity index (χ0) is 34.3. The maximum absolute atomic E-state index is 10.1. The maximum Gasteiger partial charge on any atom is 0.180 e. The van der Waals surface area contributed by atoms with Crippen LogP contribution in [-0.2, 0) is 0 Å². The number of benzene rings is 8. The first kappa shape index (κ1) is 28.9. The van der Waals surface area contributed by atoms with E-state index in [0.717, 1.165) is 50.0 Å². The topological polar surface area (TPSA) is 62.7 Å². The fourth-order valence-corrected chi connectivity index (χ4v) is 9.12. The summed E-state index contributed by atoms with van der Waals surface area (Å²) in [6.45, 7) is 0. The van der Waals surface area contributed by atoms with Crippen molar-refractivity contribution in [2.75, 3.05) is 0 Å². The van der Waals surface area contributed by atoms with E-state index in [2.05, 4.69) is 97.1 Å². The van der Waals surface area contributed by atoms with E-state index in [0.29, 0.717) is 22.6 Å². The minimum Gasteiger partial charge on any atom is -0.452 e. The molecule has 0 fully saturated rings. The predicted molar refractivity (Wildman–Crippen MR) is 215 cm³/mol. The van der Waals surface area contributed by atoms with Gasteiger partial charge in [0, 0.05) is 36.7 Å². The lowest BCUT2D eigenvalue weighted by Gasteiger charge is -2.16. The first-order valence-corrected chi connectivity index (χ1v) is 18.0. The van der Waals surface area contributed by atoms with E-state index in [1.165, 1.54) is 41.7 Å². The summed E-state index contributed by atoms with van der Waals surface area (Å²) in [5.41, 5.74) is 9.54. The molecule has 3 aromatic heterocycles. The van der Waals surface area contributed by atoms with Crippen LogP contribution >= 0.6 is 11.3 Å². The predicted octanol–water partition coefficient (Wildman–Crippen LogP) is 13.0. The molecule has 5 heteroatoms. The molecular formula is C47H25N3OS. The molecule has 3 heterocycles. The average Bonchev–Trinajstić information content (AvgIpc) is 3.79. The summed E-state index contributed by atoms with van der Waals surface area (Å²) in [5, 5.41) is 18.6. The molecule has 0 saturated heterocycles. The van der Waals surface area contributed by atoms with E-state index < -0.39 is 0 Å². The Labute approximate surface area is 301 Å². The molecule has 0 N–H and O–H groups in total. The van der Waals surface area contributed by atoms with Crippen molar-refractivity contribution in [3.63, 3.8) is 0 Å². The van der Waals surface area contributed by atoms with Gasteiger partial charge in [-0.3, -0.25) is 0 Å². The van der Waals surface area contributed by atoms with Crippen LogP contribution in [-0.4, -0.2) is 9.97 Å². The molecule has 11 aromatic rings. The molecule has 0 aliphatic carbocycles. The van der Waals surface area contributed by atoms with Crippen LogP contribution in [0.4, 0.5) is 0 Å². The van der Waals surface area contributed by atoms with E-state index in [9.17, 15) is 5.26 Å². The SMILES string of the molecule is N#Cc1ccc(-c2ccc3sc4cccc5c6ccccc6c2c3c45)c(-c2ccc3c(c2)oc2c(-c4ccccc4)nc(-c4ccccc4)nc23)c1. The molecule has 0 radical (unpaired) electrons. The molecule has 52 heavy (non-hydrogen) atoms. The van der Waals surface area contributed by atoms with Gasteiger partial charge in [-0.25, -0.2) is 9.97 Å². The number of aromatic nitrogens is 2. The van der Waals surface area contributed by atoms with Crippen LogP contribution in [0.5, 0.6) is 0 Å². The van der Waals surface area contributed by atoms with Gasteiger partial charge in [0.05, 0.1) is 11.6 Å². The number of hydrogen-bond donors (Lipinski definition) is 0. The lowest BCUT2D eigenvalue weighted by molar-refractivity contribution is 0.667. The standard InChI is InChI=1S/C47H25N3OS/c48-26-27-18-20-32(35-22-23-40-43-41(35)33-15-8-7-14-31(33)34-16-9-17-39(52-40)42(34)43)37(24-27)30-19-21-36-38(25-30)51-46-44(28-10-3-1-4-11-28)49-47(50-45(36)46)29-12-5-2-6-13-29/h1-25H. The number of nitriles is 1. The van der Waals surface area contributed by atoms with Crippen molar-refractivity contribution >= 4 is 75.1 Å². The van der Waals surface area contributed by atoms with Gasteiger partial charge in [0.25, 0.3) is 0 Å². The van der Waals surface area contributed by atoms with Gasteiger partial charge in [-0.2, -0.15) is 5.26 Å². The van der Waals surface area contributed by atoms with Crippen LogP contribution < -0.4 is 0 Å². The highest BCUT2D eigenvalue weighted by atomic mass is 32.1. The van der Waals surface area contributed by atoms with Gasteiger partial charge in [0.15, 0.2) is 11.4 Å². The highest BCUT2D eigenvalue weighted by Crippen LogP contribution is 2.49. The summed E-state index contributed by atoms with van der Waals surface area (Å²) >= 11 is 1.85. The Morgan fingerprint density at radius 3 is 2.04 bits per heavy atom. The summed E-state index contributed by atoms with van der Waals surface area (Å²) in [6, 6.07) is 54.8. The summed E-state index contributed by atoms with van der Waals surface area (Å²) < 4.78 is 9.27. The van der Waals surface area contributed by atoms with Crippen LogP contribution in [0, 0.1) is 11.3 Å². The van der Waals surface area contributed by atoms with Crippen LogP contribution in [0.25, 0.3) is 109 Å². The van der Waals surface area contributed by atoms with Gasteiger partial charge in [0.1, 0.15) is 16.8 Å². The molecule has 0 unspecified atom stereocenters. The second kappa shape index (κ2) is 11.1. The van der Waals surface area contributed by atoms with Crippen molar-refractivity contribution in [1.29, 1.82) is 5.26 Å². The van der Waals surface area contributed by atoms with Gasteiger partial charge in [-0.15, -0.1) is 11.3 Å². The Balaban J connectivity index is 1.17. The molecule has 0 aliphatic rings. The number of thiophene rings is 1. The molecule has 0 spiro atoms. The van der Waals surface area contributed by atoms with Gasteiger partial charge >= 0.3 is 0 Å². The second-order valence-corrected chi connectivity index (χ2v) is 14.3. The molecule has 11 rings (SSSR count). The van der Waals surface area contributed by atoms with Crippen molar-refractivity contribution in [3.05, 3.63) is 157 Å². The van der Waals surface area contributed by atoms with Crippen molar-refractivity contribution < 1.29 is 4.42 Å². The third kappa shape index (κ3) is 4.19. The van der Waals surface area contributed by atoms with E-state index in [1.807, 2.05) is 72.0 Å². The molecule has 4 nitrogen and oxygen atoms in total. The number of fused-ring (bicyclic) bond motifs is 6. The van der Waals surface area contributed by atoms with Gasteiger partial charge in [-0.1, -0.05) is 115 Å². The van der Waals surface area contributed by atoms with E-state index in [-0.39, 0.29) is 0 Å². The van der Waals surface area contributed by atoms with E-state index in [1.54, 1.807) is 0 Å². The molecule has 240 valence electrons. The Morgan fingerprint density at radius 2 is 1.21 bits per heavy atom. The normalized spacial score (nSPS) is 11.8. The zero-order valence-corrected chi connectivity index (χ0v) is 28.4. The van der Waals surface area contributed by atoms with Gasteiger partial charge < -0.3 is 4.42 Å².